The lowest BCUT2D eigenvalue weighted by Gasteiger charge is -2.16. The first-order valence-electron chi connectivity index (χ1n) is 12.8. The van der Waals surface area contributed by atoms with E-state index in [0.29, 0.717) is 0 Å². The molecule has 0 nitrogen and oxygen atoms in total. The second-order valence-electron chi connectivity index (χ2n) is 9.61. The van der Waals surface area contributed by atoms with Crippen LogP contribution in [-0.2, 0) is 0 Å². The van der Waals surface area contributed by atoms with Crippen molar-refractivity contribution < 1.29 is 0 Å². The molecular formula is C36H26. The summed E-state index contributed by atoms with van der Waals surface area (Å²) in [5, 5.41) is 10.5. The van der Waals surface area contributed by atoms with Gasteiger partial charge in [0.15, 0.2) is 0 Å². The molecule has 0 unspecified atom stereocenters. The molecule has 0 N–H and O–H groups in total. The van der Waals surface area contributed by atoms with Gasteiger partial charge in [0.05, 0.1) is 0 Å². The van der Waals surface area contributed by atoms with Gasteiger partial charge in [-0.1, -0.05) is 127 Å². The Morgan fingerprint density at radius 2 is 1.08 bits per heavy atom. The third kappa shape index (κ3) is 3.38. The highest BCUT2D eigenvalue weighted by molar-refractivity contribution is 6.27. The molecule has 0 saturated heterocycles. The van der Waals surface area contributed by atoms with Crippen molar-refractivity contribution in [3.8, 4) is 11.1 Å². The second kappa shape index (κ2) is 8.66. The van der Waals surface area contributed by atoms with Gasteiger partial charge in [-0.2, -0.15) is 0 Å². The fourth-order valence-electron chi connectivity index (χ4n) is 5.89. The SMILES string of the molecule is C1=CCCC(c2ccccccc(-c3cc4cccc5ccc6cccc3c6c54)c3ccccc23)=C1. The normalized spacial score (nSPS) is 13.4. The molecule has 0 aromatic heterocycles. The molecule has 0 heteroatoms. The maximum Gasteiger partial charge on any atom is -0.00206 e. The van der Waals surface area contributed by atoms with Crippen LogP contribution in [0.4, 0.5) is 0 Å². The fourth-order valence-corrected chi connectivity index (χ4v) is 5.89. The summed E-state index contributed by atoms with van der Waals surface area (Å²) >= 11 is 0. The lowest BCUT2D eigenvalue weighted by molar-refractivity contribution is 1.06. The predicted octanol–water partition coefficient (Wildman–Crippen LogP) is 10.3. The Morgan fingerprint density at radius 1 is 0.444 bits per heavy atom. The summed E-state index contributed by atoms with van der Waals surface area (Å²) in [4.78, 5) is 0. The maximum absolute atomic E-state index is 2.40. The van der Waals surface area contributed by atoms with Gasteiger partial charge in [-0.25, -0.2) is 0 Å². The zero-order valence-electron chi connectivity index (χ0n) is 20.1. The van der Waals surface area contributed by atoms with Crippen LogP contribution in [0.15, 0.2) is 133 Å². The third-order valence-corrected chi connectivity index (χ3v) is 7.52. The van der Waals surface area contributed by atoms with Crippen molar-refractivity contribution in [2.45, 2.75) is 12.8 Å². The Hall–Kier alpha value is -4.42. The van der Waals surface area contributed by atoms with Gasteiger partial charge in [0, 0.05) is 0 Å². The van der Waals surface area contributed by atoms with E-state index in [9.17, 15) is 0 Å². The summed E-state index contributed by atoms with van der Waals surface area (Å²) in [5.41, 5.74) is 5.25. The Morgan fingerprint density at radius 3 is 1.86 bits per heavy atom. The van der Waals surface area contributed by atoms with Gasteiger partial charge in [0.25, 0.3) is 0 Å². The molecule has 0 aliphatic heterocycles. The van der Waals surface area contributed by atoms with Gasteiger partial charge in [-0.3, -0.25) is 0 Å². The summed E-state index contributed by atoms with van der Waals surface area (Å²) in [5.74, 6) is 0. The Balaban J connectivity index is 1.66. The van der Waals surface area contributed by atoms with E-state index in [1.165, 1.54) is 65.4 Å². The summed E-state index contributed by atoms with van der Waals surface area (Å²) in [7, 11) is 0. The van der Waals surface area contributed by atoms with Crippen LogP contribution in [0.3, 0.4) is 0 Å². The molecule has 6 aromatic carbocycles. The summed E-state index contributed by atoms with van der Waals surface area (Å²) in [6.45, 7) is 0. The topological polar surface area (TPSA) is 0 Å². The molecule has 0 atom stereocenters. The average molecular weight is 459 g/mol. The van der Waals surface area contributed by atoms with Crippen LogP contribution < -0.4 is 0 Å². The van der Waals surface area contributed by atoms with E-state index in [2.05, 4.69) is 133 Å². The first-order chi connectivity index (χ1) is 17.9. The first kappa shape index (κ1) is 20.9. The highest BCUT2D eigenvalue weighted by atomic mass is 14.2. The number of hydrogen-bond acceptors (Lipinski definition) is 0. The summed E-state index contributed by atoms with van der Waals surface area (Å²) in [6, 6.07) is 42.4. The molecule has 0 amide bonds. The summed E-state index contributed by atoms with van der Waals surface area (Å²) in [6.07, 6.45) is 8.89. The monoisotopic (exact) mass is 458 g/mol. The molecule has 170 valence electrons. The van der Waals surface area contributed by atoms with Crippen molar-refractivity contribution in [3.63, 3.8) is 0 Å². The Labute approximate surface area is 211 Å². The molecule has 6 aromatic rings. The Kier molecular flexibility index (Phi) is 5.03. The minimum atomic E-state index is 1.07. The van der Waals surface area contributed by atoms with Crippen molar-refractivity contribution in [1.29, 1.82) is 0 Å². The molecule has 1 aliphatic rings. The number of hydrogen-bond donors (Lipinski definition) is 0. The van der Waals surface area contributed by atoms with E-state index >= 15 is 0 Å². The quantitative estimate of drug-likeness (QED) is 0.226. The lowest BCUT2D eigenvalue weighted by atomic mass is 9.87. The van der Waals surface area contributed by atoms with Crippen LogP contribution in [-0.4, -0.2) is 0 Å². The van der Waals surface area contributed by atoms with Crippen molar-refractivity contribution in [3.05, 3.63) is 139 Å². The average Bonchev–Trinajstić information content (AvgIpc) is 2.94. The van der Waals surface area contributed by atoms with Gasteiger partial charge in [-0.05, 0) is 84.3 Å². The minimum absolute atomic E-state index is 1.07. The number of fused-ring (bicyclic) bond motifs is 1. The van der Waals surface area contributed by atoms with Crippen LogP contribution in [0.1, 0.15) is 18.4 Å². The molecule has 0 radical (unpaired) electrons. The molecular weight excluding hydrogens is 432 g/mol. The number of rotatable bonds is 2. The fraction of sp³-hybridized carbons (Fsp3) is 0.0556. The highest BCUT2D eigenvalue weighted by Gasteiger charge is 2.15. The molecule has 0 spiro atoms. The van der Waals surface area contributed by atoms with Gasteiger partial charge >= 0.3 is 0 Å². The molecule has 1 aliphatic carbocycles. The van der Waals surface area contributed by atoms with E-state index < -0.39 is 0 Å². The third-order valence-electron chi connectivity index (χ3n) is 7.52. The first-order valence-corrected chi connectivity index (χ1v) is 12.8. The minimum Gasteiger partial charge on any atom is -0.0842 e. The van der Waals surface area contributed by atoms with Crippen molar-refractivity contribution in [2.75, 3.05) is 0 Å². The number of benzene rings is 5. The molecule has 7 rings (SSSR count). The van der Waals surface area contributed by atoms with Crippen molar-refractivity contribution in [2.24, 2.45) is 0 Å². The standard InChI is InChI=1S/C36H26/c1-2-7-18-32(31-20-9-8-19-30(31)29(17-6-1)25-12-4-3-5-13-25)34-24-28-16-10-14-26-22-23-27-15-11-21-33(34)36(27)35(26)28/h1-4,6-12,14-24H,5,13H2. The van der Waals surface area contributed by atoms with Crippen LogP contribution in [0, 0.1) is 0 Å². The highest BCUT2D eigenvalue weighted by Crippen LogP contribution is 2.42. The van der Waals surface area contributed by atoms with Crippen LogP contribution in [0.25, 0.3) is 59.8 Å². The molecule has 36 heavy (non-hydrogen) atoms. The van der Waals surface area contributed by atoms with Crippen LogP contribution in [0.2, 0.25) is 0 Å². The van der Waals surface area contributed by atoms with E-state index in [-0.39, 0.29) is 0 Å². The molecule has 0 saturated carbocycles. The molecule has 0 fully saturated rings. The van der Waals surface area contributed by atoms with Gasteiger partial charge in [0.2, 0.25) is 0 Å². The van der Waals surface area contributed by atoms with E-state index in [4.69, 9.17) is 0 Å². The Bertz CT molecular complexity index is 1880. The zero-order valence-corrected chi connectivity index (χ0v) is 20.1. The van der Waals surface area contributed by atoms with Crippen LogP contribution >= 0.6 is 0 Å². The van der Waals surface area contributed by atoms with Crippen molar-refractivity contribution in [1.82, 2.24) is 0 Å². The van der Waals surface area contributed by atoms with E-state index in [1.54, 1.807) is 0 Å². The van der Waals surface area contributed by atoms with Gasteiger partial charge in [0.1, 0.15) is 0 Å². The van der Waals surface area contributed by atoms with E-state index in [0.717, 1.165) is 12.8 Å². The zero-order chi connectivity index (χ0) is 23.9. The smallest absolute Gasteiger partial charge is 0.00206 e. The lowest BCUT2D eigenvalue weighted by Crippen LogP contribution is -1.91. The van der Waals surface area contributed by atoms with E-state index in [1.807, 2.05) is 0 Å². The maximum atomic E-state index is 2.40. The molecule has 0 bridgehead atoms. The molecule has 0 heterocycles. The van der Waals surface area contributed by atoms with Crippen molar-refractivity contribution >= 4 is 48.7 Å². The largest absolute Gasteiger partial charge is 0.0842 e. The second-order valence-corrected chi connectivity index (χ2v) is 9.61. The van der Waals surface area contributed by atoms with Gasteiger partial charge < -0.3 is 0 Å². The summed E-state index contributed by atoms with van der Waals surface area (Å²) < 4.78 is 0. The van der Waals surface area contributed by atoms with Gasteiger partial charge in [-0.15, -0.1) is 0 Å². The number of allylic oxidation sites excluding steroid dienone is 4. The predicted molar refractivity (Wildman–Crippen MR) is 157 cm³/mol. The van der Waals surface area contributed by atoms with Crippen LogP contribution in [0.5, 0.6) is 0 Å².